The lowest BCUT2D eigenvalue weighted by Crippen LogP contribution is -2.45. The predicted molar refractivity (Wildman–Crippen MR) is 74.4 cm³/mol. The number of rotatable bonds is 4. The normalized spacial score (nSPS) is 18.9. The highest BCUT2D eigenvalue weighted by Gasteiger charge is 2.16. The molecule has 1 saturated heterocycles. The van der Waals surface area contributed by atoms with Crippen LogP contribution in [0.4, 0.5) is 0 Å². The van der Waals surface area contributed by atoms with E-state index in [1.54, 1.807) is 24.3 Å². The van der Waals surface area contributed by atoms with Crippen molar-refractivity contribution in [2.24, 2.45) is 0 Å². The van der Waals surface area contributed by atoms with Gasteiger partial charge in [0.05, 0.1) is 0 Å². The Morgan fingerprint density at radius 2 is 1.95 bits per heavy atom. The molecule has 1 aromatic rings. The zero-order chi connectivity index (χ0) is 13.7. The molecule has 0 radical (unpaired) electrons. The molecule has 0 aliphatic carbocycles. The summed E-state index contributed by atoms with van der Waals surface area (Å²) in [6.45, 7) is 3.69. The van der Waals surface area contributed by atoms with Crippen molar-refractivity contribution >= 4 is 11.7 Å². The molecular weight excluding hydrogens is 240 g/mol. The summed E-state index contributed by atoms with van der Waals surface area (Å²) in [6, 6.07) is 7.08. The first kappa shape index (κ1) is 13.7. The first-order valence-corrected chi connectivity index (χ1v) is 6.85. The van der Waals surface area contributed by atoms with Crippen LogP contribution in [0.15, 0.2) is 24.3 Å². The first-order chi connectivity index (χ1) is 9.20. The summed E-state index contributed by atoms with van der Waals surface area (Å²) in [5.41, 5.74) is 1.27. The van der Waals surface area contributed by atoms with Crippen LogP contribution >= 0.6 is 0 Å². The van der Waals surface area contributed by atoms with Gasteiger partial charge in [0.15, 0.2) is 5.78 Å². The number of hydrogen-bond acceptors (Lipinski definition) is 3. The monoisotopic (exact) mass is 260 g/mol. The van der Waals surface area contributed by atoms with Gasteiger partial charge in [0.2, 0.25) is 0 Å². The van der Waals surface area contributed by atoms with Crippen LogP contribution in [0.3, 0.4) is 0 Å². The molecule has 1 heterocycles. The van der Waals surface area contributed by atoms with Crippen LogP contribution in [0.1, 0.15) is 46.9 Å². The van der Waals surface area contributed by atoms with E-state index in [9.17, 15) is 9.59 Å². The molecule has 2 rings (SSSR count). The quantitative estimate of drug-likeness (QED) is 0.811. The summed E-state index contributed by atoms with van der Waals surface area (Å²) in [4.78, 5) is 23.5. The number of amides is 1. The first-order valence-electron chi connectivity index (χ1n) is 6.85. The number of carbonyl (C=O) groups excluding carboxylic acids is 2. The van der Waals surface area contributed by atoms with Crippen molar-refractivity contribution in [3.63, 3.8) is 0 Å². The van der Waals surface area contributed by atoms with E-state index in [4.69, 9.17) is 0 Å². The lowest BCUT2D eigenvalue weighted by Gasteiger charge is -2.23. The average Bonchev–Trinajstić information content (AvgIpc) is 2.47. The van der Waals surface area contributed by atoms with Crippen LogP contribution in [0, 0.1) is 0 Å². The summed E-state index contributed by atoms with van der Waals surface area (Å²) < 4.78 is 0. The fourth-order valence-electron chi connectivity index (χ4n) is 2.26. The molecular formula is C15H20N2O2. The van der Waals surface area contributed by atoms with Crippen LogP contribution in [-0.2, 0) is 0 Å². The molecule has 1 amide bonds. The van der Waals surface area contributed by atoms with Gasteiger partial charge < -0.3 is 10.6 Å². The van der Waals surface area contributed by atoms with Crippen molar-refractivity contribution < 1.29 is 9.59 Å². The van der Waals surface area contributed by atoms with Crippen LogP contribution in [-0.4, -0.2) is 30.8 Å². The molecule has 102 valence electrons. The summed E-state index contributed by atoms with van der Waals surface area (Å²) >= 11 is 0. The molecule has 1 atom stereocenters. The number of hydrogen-bond donors (Lipinski definition) is 2. The van der Waals surface area contributed by atoms with Gasteiger partial charge in [0.1, 0.15) is 0 Å². The number of carbonyl (C=O) groups is 2. The van der Waals surface area contributed by atoms with Gasteiger partial charge in [-0.25, -0.2) is 0 Å². The van der Waals surface area contributed by atoms with Crippen molar-refractivity contribution in [3.05, 3.63) is 35.4 Å². The third-order valence-corrected chi connectivity index (χ3v) is 3.42. The lowest BCUT2D eigenvalue weighted by atomic mass is 10.0. The molecule has 4 heteroatoms. The number of nitrogens with one attached hydrogen (secondary N) is 2. The maximum absolute atomic E-state index is 12.0. The second-order valence-electron chi connectivity index (χ2n) is 4.87. The van der Waals surface area contributed by atoms with Crippen molar-refractivity contribution in [1.29, 1.82) is 0 Å². The topological polar surface area (TPSA) is 58.2 Å². The number of piperidine rings is 1. The molecule has 1 fully saturated rings. The molecule has 19 heavy (non-hydrogen) atoms. The van der Waals surface area contributed by atoms with Gasteiger partial charge in [-0.2, -0.15) is 0 Å². The maximum Gasteiger partial charge on any atom is 0.251 e. The van der Waals surface area contributed by atoms with Gasteiger partial charge >= 0.3 is 0 Å². The molecule has 0 bridgehead atoms. The number of benzene rings is 1. The summed E-state index contributed by atoms with van der Waals surface area (Å²) in [5.74, 6) is 0.0348. The van der Waals surface area contributed by atoms with E-state index in [1.165, 1.54) is 0 Å². The molecule has 1 unspecified atom stereocenters. The standard InChI is InChI=1S/C15H20N2O2/c1-2-14(18)11-5-7-12(8-6-11)15(19)17-13-4-3-9-16-10-13/h5-8,13,16H,2-4,9-10H2,1H3,(H,17,19). The lowest BCUT2D eigenvalue weighted by molar-refractivity contribution is 0.0928. The fraction of sp³-hybridized carbons (Fsp3) is 0.467. The van der Waals surface area contributed by atoms with Crippen LogP contribution in [0.2, 0.25) is 0 Å². The number of Topliss-reactive ketones (excluding diaryl/α,β-unsaturated/α-hetero) is 1. The van der Waals surface area contributed by atoms with Gasteiger partial charge in [-0.05, 0) is 31.5 Å². The molecule has 4 nitrogen and oxygen atoms in total. The van der Waals surface area contributed by atoms with Crippen molar-refractivity contribution in [3.8, 4) is 0 Å². The van der Waals surface area contributed by atoms with E-state index >= 15 is 0 Å². The Morgan fingerprint density at radius 3 is 2.53 bits per heavy atom. The van der Waals surface area contributed by atoms with E-state index in [1.807, 2.05) is 6.92 Å². The Kier molecular flexibility index (Phi) is 4.68. The van der Waals surface area contributed by atoms with E-state index in [0.717, 1.165) is 25.9 Å². The van der Waals surface area contributed by atoms with E-state index in [-0.39, 0.29) is 17.7 Å². The minimum Gasteiger partial charge on any atom is -0.348 e. The summed E-state index contributed by atoms with van der Waals surface area (Å²) in [6.07, 6.45) is 2.60. The molecule has 2 N–H and O–H groups in total. The van der Waals surface area contributed by atoms with Gasteiger partial charge in [-0.1, -0.05) is 19.1 Å². The summed E-state index contributed by atoms with van der Waals surface area (Å²) in [7, 11) is 0. The van der Waals surface area contributed by atoms with E-state index in [0.29, 0.717) is 17.5 Å². The van der Waals surface area contributed by atoms with Crippen LogP contribution in [0.25, 0.3) is 0 Å². The highest BCUT2D eigenvalue weighted by atomic mass is 16.1. The van der Waals surface area contributed by atoms with E-state index < -0.39 is 0 Å². The van der Waals surface area contributed by atoms with Gasteiger partial charge in [-0.3, -0.25) is 9.59 Å². The van der Waals surface area contributed by atoms with E-state index in [2.05, 4.69) is 10.6 Å². The number of ketones is 1. The van der Waals surface area contributed by atoms with Gasteiger partial charge in [0.25, 0.3) is 5.91 Å². The van der Waals surface area contributed by atoms with Crippen LogP contribution in [0.5, 0.6) is 0 Å². The largest absolute Gasteiger partial charge is 0.348 e. The highest BCUT2D eigenvalue weighted by Crippen LogP contribution is 2.08. The Balaban J connectivity index is 1.97. The van der Waals surface area contributed by atoms with Crippen molar-refractivity contribution in [2.45, 2.75) is 32.2 Å². The predicted octanol–water partition coefficient (Wildman–Crippen LogP) is 1.76. The Morgan fingerprint density at radius 1 is 1.26 bits per heavy atom. The third-order valence-electron chi connectivity index (χ3n) is 3.42. The smallest absolute Gasteiger partial charge is 0.251 e. The third kappa shape index (κ3) is 3.64. The second-order valence-corrected chi connectivity index (χ2v) is 4.87. The average molecular weight is 260 g/mol. The van der Waals surface area contributed by atoms with Crippen molar-refractivity contribution in [1.82, 2.24) is 10.6 Å². The highest BCUT2D eigenvalue weighted by molar-refractivity contribution is 5.98. The minimum atomic E-state index is -0.0656. The zero-order valence-corrected chi connectivity index (χ0v) is 11.2. The molecule has 1 aliphatic rings. The molecule has 0 aromatic heterocycles. The zero-order valence-electron chi connectivity index (χ0n) is 11.2. The van der Waals surface area contributed by atoms with Crippen LogP contribution < -0.4 is 10.6 Å². The molecule has 0 spiro atoms. The maximum atomic E-state index is 12.0. The minimum absolute atomic E-state index is 0.0656. The SMILES string of the molecule is CCC(=O)c1ccc(C(=O)NC2CCCNC2)cc1. The Bertz CT molecular complexity index is 448. The van der Waals surface area contributed by atoms with Crippen molar-refractivity contribution in [2.75, 3.05) is 13.1 Å². The molecule has 1 aromatic carbocycles. The second kappa shape index (κ2) is 6.48. The Labute approximate surface area is 113 Å². The Hall–Kier alpha value is -1.68. The van der Waals surface area contributed by atoms with Gasteiger partial charge in [0, 0.05) is 30.1 Å². The molecule has 0 saturated carbocycles. The summed E-state index contributed by atoms with van der Waals surface area (Å²) in [5, 5.41) is 6.28. The fourth-order valence-corrected chi connectivity index (χ4v) is 2.26. The van der Waals surface area contributed by atoms with Gasteiger partial charge in [-0.15, -0.1) is 0 Å². The molecule has 1 aliphatic heterocycles.